The van der Waals surface area contributed by atoms with Crippen molar-refractivity contribution < 1.29 is 4.42 Å². The molecule has 78 valence electrons. The molecule has 0 amide bonds. The van der Waals surface area contributed by atoms with Crippen LogP contribution in [0, 0.1) is 5.92 Å². The molecule has 1 N–H and O–H groups in total. The van der Waals surface area contributed by atoms with Crippen LogP contribution in [-0.2, 0) is 6.42 Å². The Morgan fingerprint density at radius 1 is 1.43 bits per heavy atom. The lowest BCUT2D eigenvalue weighted by atomic mass is 9.82. The molecule has 14 heavy (non-hydrogen) atoms. The third kappa shape index (κ3) is 2.18. The maximum absolute atomic E-state index is 5.40. The quantitative estimate of drug-likeness (QED) is 0.798. The first-order valence-electron chi connectivity index (χ1n) is 5.60. The SMILES string of the molecule is CNC1CCCCC1Cc1ccco1. The molecular weight excluding hydrogens is 174 g/mol. The first-order valence-corrected chi connectivity index (χ1v) is 5.60. The van der Waals surface area contributed by atoms with Gasteiger partial charge in [-0.3, -0.25) is 0 Å². The molecular formula is C12H19NO. The van der Waals surface area contributed by atoms with E-state index in [1.165, 1.54) is 25.7 Å². The van der Waals surface area contributed by atoms with Crippen molar-refractivity contribution in [2.24, 2.45) is 5.92 Å². The van der Waals surface area contributed by atoms with Crippen LogP contribution >= 0.6 is 0 Å². The average Bonchev–Trinajstić information content (AvgIpc) is 2.71. The van der Waals surface area contributed by atoms with Crippen molar-refractivity contribution in [3.05, 3.63) is 24.2 Å². The second-order valence-corrected chi connectivity index (χ2v) is 4.22. The zero-order valence-corrected chi connectivity index (χ0v) is 8.83. The highest BCUT2D eigenvalue weighted by Gasteiger charge is 2.24. The third-order valence-electron chi connectivity index (χ3n) is 3.32. The highest BCUT2D eigenvalue weighted by Crippen LogP contribution is 2.27. The van der Waals surface area contributed by atoms with E-state index in [2.05, 4.69) is 18.4 Å². The van der Waals surface area contributed by atoms with E-state index in [4.69, 9.17) is 4.42 Å². The number of furan rings is 1. The van der Waals surface area contributed by atoms with Gasteiger partial charge in [0.05, 0.1) is 6.26 Å². The van der Waals surface area contributed by atoms with Gasteiger partial charge < -0.3 is 9.73 Å². The lowest BCUT2D eigenvalue weighted by Gasteiger charge is -2.30. The van der Waals surface area contributed by atoms with E-state index in [-0.39, 0.29) is 0 Å². The van der Waals surface area contributed by atoms with Crippen LogP contribution in [0.15, 0.2) is 22.8 Å². The highest BCUT2D eigenvalue weighted by atomic mass is 16.3. The van der Waals surface area contributed by atoms with Crippen molar-refractivity contribution in [2.75, 3.05) is 7.05 Å². The Balaban J connectivity index is 1.94. The molecule has 2 atom stereocenters. The number of nitrogens with one attached hydrogen (secondary N) is 1. The van der Waals surface area contributed by atoms with Crippen LogP contribution in [0.3, 0.4) is 0 Å². The summed E-state index contributed by atoms with van der Waals surface area (Å²) in [5, 5.41) is 3.42. The molecule has 1 heterocycles. The molecule has 1 aromatic rings. The summed E-state index contributed by atoms with van der Waals surface area (Å²) in [6.45, 7) is 0. The van der Waals surface area contributed by atoms with Gasteiger partial charge in [-0.2, -0.15) is 0 Å². The van der Waals surface area contributed by atoms with Crippen LogP contribution < -0.4 is 5.32 Å². The third-order valence-corrected chi connectivity index (χ3v) is 3.32. The van der Waals surface area contributed by atoms with Gasteiger partial charge in [0.25, 0.3) is 0 Å². The highest BCUT2D eigenvalue weighted by molar-refractivity contribution is 5.01. The van der Waals surface area contributed by atoms with E-state index in [1.54, 1.807) is 6.26 Å². The Morgan fingerprint density at radius 3 is 3.00 bits per heavy atom. The van der Waals surface area contributed by atoms with E-state index in [0.717, 1.165) is 18.1 Å². The van der Waals surface area contributed by atoms with Gasteiger partial charge in [0.2, 0.25) is 0 Å². The van der Waals surface area contributed by atoms with Crippen LogP contribution in [0.5, 0.6) is 0 Å². The minimum atomic E-state index is 0.689. The van der Waals surface area contributed by atoms with Gasteiger partial charge in [0.15, 0.2) is 0 Å². The Labute approximate surface area is 85.7 Å². The Hall–Kier alpha value is -0.760. The minimum absolute atomic E-state index is 0.689. The lowest BCUT2D eigenvalue weighted by molar-refractivity contribution is 0.260. The van der Waals surface area contributed by atoms with Gasteiger partial charge in [-0.1, -0.05) is 12.8 Å². The molecule has 0 aliphatic heterocycles. The zero-order chi connectivity index (χ0) is 9.80. The lowest BCUT2D eigenvalue weighted by Crippen LogP contribution is -2.37. The molecule has 2 rings (SSSR count). The predicted octanol–water partition coefficient (Wildman–Crippen LogP) is 2.60. The molecule has 1 saturated carbocycles. The largest absolute Gasteiger partial charge is 0.469 e. The topological polar surface area (TPSA) is 25.2 Å². The van der Waals surface area contributed by atoms with Crippen LogP contribution in [0.2, 0.25) is 0 Å². The van der Waals surface area contributed by atoms with Crippen LogP contribution in [0.1, 0.15) is 31.4 Å². The molecule has 0 aromatic carbocycles. The molecule has 1 aliphatic rings. The monoisotopic (exact) mass is 193 g/mol. The molecule has 0 radical (unpaired) electrons. The molecule has 2 unspecified atom stereocenters. The second kappa shape index (κ2) is 4.65. The first kappa shape index (κ1) is 9.78. The minimum Gasteiger partial charge on any atom is -0.469 e. The first-order chi connectivity index (χ1) is 6.90. The van der Waals surface area contributed by atoms with Gasteiger partial charge in [0.1, 0.15) is 5.76 Å². The molecule has 2 heteroatoms. The summed E-state index contributed by atoms with van der Waals surface area (Å²) in [6, 6.07) is 4.75. The van der Waals surface area contributed by atoms with Gasteiger partial charge in [-0.05, 0) is 37.9 Å². The molecule has 1 fully saturated rings. The van der Waals surface area contributed by atoms with Crippen LogP contribution in [0.4, 0.5) is 0 Å². The number of hydrogen-bond donors (Lipinski definition) is 1. The Kier molecular flexibility index (Phi) is 3.25. The van der Waals surface area contributed by atoms with Crippen molar-refractivity contribution in [3.63, 3.8) is 0 Å². The van der Waals surface area contributed by atoms with Gasteiger partial charge >= 0.3 is 0 Å². The normalized spacial score (nSPS) is 27.8. The second-order valence-electron chi connectivity index (χ2n) is 4.22. The summed E-state index contributed by atoms with van der Waals surface area (Å²) < 4.78 is 5.40. The summed E-state index contributed by atoms with van der Waals surface area (Å²) in [7, 11) is 2.07. The van der Waals surface area contributed by atoms with Crippen LogP contribution in [-0.4, -0.2) is 13.1 Å². The van der Waals surface area contributed by atoms with Gasteiger partial charge in [-0.15, -0.1) is 0 Å². The standard InChI is InChI=1S/C12H19NO/c1-13-12-7-3-2-5-10(12)9-11-6-4-8-14-11/h4,6,8,10,12-13H,2-3,5,7,9H2,1H3. The maximum atomic E-state index is 5.40. The summed E-state index contributed by atoms with van der Waals surface area (Å²) in [5.74, 6) is 1.90. The fourth-order valence-electron chi connectivity index (χ4n) is 2.52. The van der Waals surface area contributed by atoms with E-state index < -0.39 is 0 Å². The van der Waals surface area contributed by atoms with Gasteiger partial charge in [0, 0.05) is 12.5 Å². The summed E-state index contributed by atoms with van der Waals surface area (Å²) >= 11 is 0. The summed E-state index contributed by atoms with van der Waals surface area (Å²) in [6.07, 6.45) is 8.28. The number of rotatable bonds is 3. The van der Waals surface area contributed by atoms with Crippen molar-refractivity contribution in [1.29, 1.82) is 0 Å². The van der Waals surface area contributed by atoms with E-state index >= 15 is 0 Å². The molecule has 0 saturated heterocycles. The summed E-state index contributed by atoms with van der Waals surface area (Å²) in [5.41, 5.74) is 0. The fourth-order valence-corrected chi connectivity index (χ4v) is 2.52. The molecule has 1 aliphatic carbocycles. The van der Waals surface area contributed by atoms with E-state index in [0.29, 0.717) is 6.04 Å². The molecule has 0 bridgehead atoms. The van der Waals surface area contributed by atoms with E-state index in [9.17, 15) is 0 Å². The van der Waals surface area contributed by atoms with Gasteiger partial charge in [-0.25, -0.2) is 0 Å². The van der Waals surface area contributed by atoms with Crippen LogP contribution in [0.25, 0.3) is 0 Å². The molecule has 2 nitrogen and oxygen atoms in total. The molecule has 0 spiro atoms. The number of hydrogen-bond acceptors (Lipinski definition) is 2. The van der Waals surface area contributed by atoms with Crippen molar-refractivity contribution in [2.45, 2.75) is 38.1 Å². The smallest absolute Gasteiger partial charge is 0.104 e. The van der Waals surface area contributed by atoms with Crippen molar-refractivity contribution >= 4 is 0 Å². The summed E-state index contributed by atoms with van der Waals surface area (Å²) in [4.78, 5) is 0. The maximum Gasteiger partial charge on any atom is 0.104 e. The Bertz CT molecular complexity index is 255. The molecule has 1 aromatic heterocycles. The van der Waals surface area contributed by atoms with Crippen molar-refractivity contribution in [1.82, 2.24) is 5.32 Å². The van der Waals surface area contributed by atoms with Crippen molar-refractivity contribution in [3.8, 4) is 0 Å². The Morgan fingerprint density at radius 2 is 2.29 bits per heavy atom. The average molecular weight is 193 g/mol. The van der Waals surface area contributed by atoms with E-state index in [1.807, 2.05) is 6.07 Å². The zero-order valence-electron chi connectivity index (χ0n) is 8.83. The fraction of sp³-hybridized carbons (Fsp3) is 0.667. The predicted molar refractivity (Wildman–Crippen MR) is 57.2 cm³/mol.